The zero-order valence-electron chi connectivity index (χ0n) is 15.8. The van der Waals surface area contributed by atoms with Crippen LogP contribution in [0.3, 0.4) is 0 Å². The van der Waals surface area contributed by atoms with Crippen molar-refractivity contribution in [3.05, 3.63) is 84.1 Å². The number of hydrogen-bond donors (Lipinski definition) is 3. The van der Waals surface area contributed by atoms with Gasteiger partial charge in [0.15, 0.2) is 0 Å². The van der Waals surface area contributed by atoms with Crippen molar-refractivity contribution in [3.8, 4) is 11.1 Å². The average Bonchev–Trinajstić information content (AvgIpc) is 2.69. The summed E-state index contributed by atoms with van der Waals surface area (Å²) in [6.07, 6.45) is 1.23. The summed E-state index contributed by atoms with van der Waals surface area (Å²) in [6, 6.07) is 20.3. The van der Waals surface area contributed by atoms with Crippen LogP contribution in [0.1, 0.15) is 11.1 Å². The predicted molar refractivity (Wildman–Crippen MR) is 114 cm³/mol. The summed E-state index contributed by atoms with van der Waals surface area (Å²) < 4.78 is 13.0. The number of anilines is 1. The third kappa shape index (κ3) is 5.76. The number of aromatic nitrogens is 1. The Bertz CT molecular complexity index is 1020. The van der Waals surface area contributed by atoms with E-state index in [9.17, 15) is 19.4 Å². The van der Waals surface area contributed by atoms with Crippen molar-refractivity contribution in [2.45, 2.75) is 12.6 Å². The lowest BCUT2D eigenvalue weighted by Crippen LogP contribution is -2.21. The van der Waals surface area contributed by atoms with Gasteiger partial charge >= 0.3 is 5.97 Å². The Balaban J connectivity index is 1.79. The Labute approximate surface area is 169 Å². The zero-order chi connectivity index (χ0) is 20.9. The zero-order valence-corrected chi connectivity index (χ0v) is 16.7. The molecular weight excluding hydrogens is 387 g/mol. The molecule has 2 atom stereocenters. The average molecular weight is 410 g/mol. The number of rotatable bonds is 8. The Morgan fingerprint density at radius 1 is 1.03 bits per heavy atom. The molecule has 0 aliphatic rings. The normalized spacial score (nSPS) is 14.1. The van der Waals surface area contributed by atoms with Crippen LogP contribution in [0, 0.1) is 5.92 Å². The molecule has 150 valence electrons. The number of carboxylic acids is 1. The summed E-state index contributed by atoms with van der Waals surface area (Å²) in [6.45, 7) is 0. The van der Waals surface area contributed by atoms with Gasteiger partial charge in [-0.05, 0) is 34.7 Å². The smallest absolute Gasteiger partial charge is 0.307 e. The highest BCUT2D eigenvalue weighted by atomic mass is 31.2. The van der Waals surface area contributed by atoms with Gasteiger partial charge in [-0.25, -0.2) is 4.98 Å². The molecule has 0 aliphatic carbocycles. The SMILES string of the molecule is Nc1ccc(CC(CP(=O)(O)Cc2ccccc2-c2ccccc2)C(=O)O)cn1. The number of hydrogen-bond acceptors (Lipinski definition) is 4. The molecule has 2 unspecified atom stereocenters. The molecular formula is C22H23N2O4P. The maximum atomic E-state index is 13.0. The van der Waals surface area contributed by atoms with Crippen LogP contribution < -0.4 is 5.73 Å². The van der Waals surface area contributed by atoms with Crippen molar-refractivity contribution in [2.75, 3.05) is 11.9 Å². The lowest BCUT2D eigenvalue weighted by Gasteiger charge is -2.19. The summed E-state index contributed by atoms with van der Waals surface area (Å²) in [4.78, 5) is 26.3. The quantitative estimate of drug-likeness (QED) is 0.483. The van der Waals surface area contributed by atoms with Crippen LogP contribution in [-0.2, 0) is 21.9 Å². The van der Waals surface area contributed by atoms with Crippen LogP contribution in [0.25, 0.3) is 11.1 Å². The molecule has 29 heavy (non-hydrogen) atoms. The first-order chi connectivity index (χ1) is 13.8. The topological polar surface area (TPSA) is 114 Å². The summed E-state index contributed by atoms with van der Waals surface area (Å²) in [5.74, 6) is -1.75. The maximum absolute atomic E-state index is 13.0. The molecule has 1 aromatic heterocycles. The second-order valence-corrected chi connectivity index (χ2v) is 9.41. The molecule has 0 saturated carbocycles. The van der Waals surface area contributed by atoms with Crippen molar-refractivity contribution < 1.29 is 19.4 Å². The van der Waals surface area contributed by atoms with Crippen LogP contribution in [0.15, 0.2) is 72.9 Å². The van der Waals surface area contributed by atoms with Gasteiger partial charge in [-0.15, -0.1) is 0 Å². The predicted octanol–water partition coefficient (Wildman–Crippen LogP) is 4.04. The molecule has 0 fully saturated rings. The first-order valence-electron chi connectivity index (χ1n) is 9.21. The minimum Gasteiger partial charge on any atom is -0.481 e. The van der Waals surface area contributed by atoms with Crippen LogP contribution in [0.4, 0.5) is 5.82 Å². The third-order valence-corrected chi connectivity index (χ3v) is 6.55. The molecule has 4 N–H and O–H groups in total. The maximum Gasteiger partial charge on any atom is 0.307 e. The van der Waals surface area contributed by atoms with E-state index in [-0.39, 0.29) is 18.7 Å². The second kappa shape index (κ2) is 9.03. The number of nitrogens with zero attached hydrogens (tertiary/aromatic N) is 1. The van der Waals surface area contributed by atoms with Crippen LogP contribution in [0.2, 0.25) is 0 Å². The fourth-order valence-electron chi connectivity index (χ4n) is 3.30. The minimum absolute atomic E-state index is 0.0815. The van der Waals surface area contributed by atoms with Crippen molar-refractivity contribution in [1.82, 2.24) is 4.98 Å². The monoisotopic (exact) mass is 410 g/mol. The Morgan fingerprint density at radius 3 is 2.38 bits per heavy atom. The molecule has 0 amide bonds. The van der Waals surface area contributed by atoms with Crippen LogP contribution in [0.5, 0.6) is 0 Å². The fourth-order valence-corrected chi connectivity index (χ4v) is 5.21. The first kappa shape index (κ1) is 20.8. The lowest BCUT2D eigenvalue weighted by molar-refractivity contribution is -0.141. The van der Waals surface area contributed by atoms with E-state index in [0.717, 1.165) is 16.7 Å². The standard InChI is InChI=1S/C22H23N2O4P/c23-21-11-10-16(13-24-21)12-19(22(25)26)15-29(27,28)14-18-8-4-5-9-20(18)17-6-2-1-3-7-17/h1-11,13,19H,12,14-15H2,(H2,23,24)(H,25,26)(H,27,28). The van der Waals surface area contributed by atoms with Crippen molar-refractivity contribution >= 4 is 19.2 Å². The highest BCUT2D eigenvalue weighted by Gasteiger charge is 2.30. The number of carboxylic acid groups (broad SMARTS) is 1. The second-order valence-electron chi connectivity index (χ2n) is 7.04. The van der Waals surface area contributed by atoms with E-state index in [1.54, 1.807) is 12.1 Å². The fraction of sp³-hybridized carbons (Fsp3) is 0.182. The van der Waals surface area contributed by atoms with E-state index in [0.29, 0.717) is 11.4 Å². The van der Waals surface area contributed by atoms with Crippen molar-refractivity contribution in [1.29, 1.82) is 0 Å². The summed E-state index contributed by atoms with van der Waals surface area (Å²) in [5, 5.41) is 9.57. The molecule has 6 nitrogen and oxygen atoms in total. The Kier molecular flexibility index (Phi) is 6.47. The van der Waals surface area contributed by atoms with E-state index in [1.807, 2.05) is 54.6 Å². The van der Waals surface area contributed by atoms with Gasteiger partial charge in [0.2, 0.25) is 7.37 Å². The van der Waals surface area contributed by atoms with E-state index in [2.05, 4.69) is 4.98 Å². The summed E-state index contributed by atoms with van der Waals surface area (Å²) in [5.41, 5.74) is 8.77. The van der Waals surface area contributed by atoms with E-state index >= 15 is 0 Å². The molecule has 1 heterocycles. The number of carbonyl (C=O) groups is 1. The number of pyridine rings is 1. The first-order valence-corrected chi connectivity index (χ1v) is 11.2. The molecule has 0 bridgehead atoms. The molecule has 3 aromatic rings. The number of nitrogens with two attached hydrogens (primary N) is 1. The van der Waals surface area contributed by atoms with E-state index < -0.39 is 19.3 Å². The van der Waals surface area contributed by atoms with Crippen molar-refractivity contribution in [2.24, 2.45) is 5.92 Å². The van der Waals surface area contributed by atoms with Gasteiger partial charge in [-0.3, -0.25) is 9.36 Å². The molecule has 2 aromatic carbocycles. The van der Waals surface area contributed by atoms with Gasteiger partial charge in [0.25, 0.3) is 0 Å². The third-order valence-electron chi connectivity index (χ3n) is 4.70. The molecule has 3 rings (SSSR count). The summed E-state index contributed by atoms with van der Waals surface area (Å²) in [7, 11) is -3.74. The molecule has 0 saturated heterocycles. The van der Waals surface area contributed by atoms with Gasteiger partial charge in [0.05, 0.1) is 12.1 Å². The van der Waals surface area contributed by atoms with E-state index in [1.165, 1.54) is 6.20 Å². The molecule has 0 radical (unpaired) electrons. The Hall–Kier alpha value is -2.95. The highest BCUT2D eigenvalue weighted by molar-refractivity contribution is 7.57. The minimum atomic E-state index is -3.74. The van der Waals surface area contributed by atoms with Gasteiger partial charge in [-0.1, -0.05) is 60.7 Å². The van der Waals surface area contributed by atoms with Gasteiger partial charge in [0, 0.05) is 12.4 Å². The number of benzene rings is 2. The molecule has 0 aliphatic heterocycles. The number of aliphatic carboxylic acids is 1. The van der Waals surface area contributed by atoms with Crippen LogP contribution in [-0.4, -0.2) is 27.1 Å². The largest absolute Gasteiger partial charge is 0.481 e. The van der Waals surface area contributed by atoms with Gasteiger partial charge < -0.3 is 15.7 Å². The summed E-state index contributed by atoms with van der Waals surface area (Å²) >= 11 is 0. The molecule has 7 heteroatoms. The molecule has 0 spiro atoms. The lowest BCUT2D eigenvalue weighted by atomic mass is 10.0. The Morgan fingerprint density at radius 2 is 1.72 bits per heavy atom. The van der Waals surface area contributed by atoms with Gasteiger partial charge in [-0.2, -0.15) is 0 Å². The van der Waals surface area contributed by atoms with Crippen LogP contribution >= 0.6 is 7.37 Å². The number of nitrogen functional groups attached to an aromatic ring is 1. The van der Waals surface area contributed by atoms with Gasteiger partial charge in [0.1, 0.15) is 5.82 Å². The highest BCUT2D eigenvalue weighted by Crippen LogP contribution is 2.48. The van der Waals surface area contributed by atoms with E-state index in [4.69, 9.17) is 5.73 Å². The van der Waals surface area contributed by atoms with Crippen molar-refractivity contribution in [3.63, 3.8) is 0 Å².